The number of halogens is 1. The van der Waals surface area contributed by atoms with E-state index in [1.165, 1.54) is 0 Å². The Morgan fingerprint density at radius 2 is 2.00 bits per heavy atom. The fourth-order valence-corrected chi connectivity index (χ4v) is 2.32. The maximum absolute atomic E-state index is 12.7. The first-order valence-electron chi connectivity index (χ1n) is 6.33. The molecule has 2 rings (SSSR count). The molecule has 0 atom stereocenters. The van der Waals surface area contributed by atoms with Crippen LogP contribution in [0.15, 0.2) is 53.3 Å². The maximum atomic E-state index is 12.7. The highest BCUT2D eigenvalue weighted by molar-refractivity contribution is 9.10. The Labute approximate surface area is 137 Å². The van der Waals surface area contributed by atoms with Gasteiger partial charge in [0, 0.05) is 35.5 Å². The number of rotatable bonds is 5. The topological polar surface area (TPSA) is 59.2 Å². The predicted molar refractivity (Wildman–Crippen MR) is 91.5 cm³/mol. The summed E-state index contributed by atoms with van der Waals surface area (Å²) in [6, 6.07) is 11.2. The molecule has 0 aliphatic rings. The number of benzene rings is 1. The summed E-state index contributed by atoms with van der Waals surface area (Å²) in [5.74, 6) is -0.133. The molecule has 0 bridgehead atoms. The molecule has 1 amide bonds. The summed E-state index contributed by atoms with van der Waals surface area (Å²) < 4.78 is 0.760. The fraction of sp³-hybridized carbons (Fsp3) is 0.133. The first-order valence-corrected chi connectivity index (χ1v) is 7.54. The molecule has 0 unspecified atom stereocenters. The molecular formula is C15H14BrN3OS. The molecule has 0 radical (unpaired) electrons. The second kappa shape index (κ2) is 7.28. The minimum atomic E-state index is -0.133. The van der Waals surface area contributed by atoms with Crippen LogP contribution in [0, 0.1) is 0 Å². The van der Waals surface area contributed by atoms with Crippen LogP contribution < -0.4 is 10.6 Å². The number of carbonyl (C=O) groups excluding carboxylic acids is 1. The molecule has 4 nitrogen and oxygen atoms in total. The van der Waals surface area contributed by atoms with Gasteiger partial charge in [-0.15, -0.1) is 0 Å². The number of nitrogens with zero attached hydrogens (tertiary/aromatic N) is 2. The third-order valence-corrected chi connectivity index (χ3v) is 3.48. The lowest BCUT2D eigenvalue weighted by atomic mass is 10.2. The van der Waals surface area contributed by atoms with Gasteiger partial charge in [-0.25, -0.2) is 0 Å². The summed E-state index contributed by atoms with van der Waals surface area (Å²) in [4.78, 5) is 18.8. The number of para-hydroxylation sites is 1. The van der Waals surface area contributed by atoms with Gasteiger partial charge in [0.25, 0.3) is 5.91 Å². The number of pyridine rings is 1. The number of nitrogens with two attached hydrogens (primary N) is 1. The summed E-state index contributed by atoms with van der Waals surface area (Å²) in [5.41, 5.74) is 6.87. The number of aromatic nitrogens is 1. The first kappa shape index (κ1) is 15.6. The van der Waals surface area contributed by atoms with Gasteiger partial charge in [0.15, 0.2) is 0 Å². The summed E-state index contributed by atoms with van der Waals surface area (Å²) >= 11 is 8.23. The fourth-order valence-electron chi connectivity index (χ4n) is 1.86. The average Bonchev–Trinajstić information content (AvgIpc) is 2.48. The molecule has 108 valence electrons. The van der Waals surface area contributed by atoms with Gasteiger partial charge in [-0.05, 0) is 34.1 Å². The molecule has 0 aliphatic heterocycles. The Morgan fingerprint density at radius 1 is 1.29 bits per heavy atom. The first-order chi connectivity index (χ1) is 10.1. The van der Waals surface area contributed by atoms with E-state index in [0.717, 1.165) is 10.2 Å². The van der Waals surface area contributed by atoms with E-state index in [9.17, 15) is 4.79 Å². The Bertz CT molecular complexity index is 648. The molecule has 1 aromatic heterocycles. The molecule has 2 aromatic rings. The van der Waals surface area contributed by atoms with Gasteiger partial charge >= 0.3 is 0 Å². The standard InChI is InChI=1S/C15H14BrN3OS/c16-12-8-11(9-18-10-12)15(20)19(7-6-14(17)21)13-4-2-1-3-5-13/h1-5,8-10H,6-7H2,(H2,17,21). The molecule has 21 heavy (non-hydrogen) atoms. The van der Waals surface area contributed by atoms with Crippen molar-refractivity contribution in [1.82, 2.24) is 4.98 Å². The lowest BCUT2D eigenvalue weighted by molar-refractivity contribution is 0.0987. The van der Waals surface area contributed by atoms with E-state index in [2.05, 4.69) is 20.9 Å². The van der Waals surface area contributed by atoms with Crippen LogP contribution in [0.5, 0.6) is 0 Å². The van der Waals surface area contributed by atoms with Crippen LogP contribution in [0.2, 0.25) is 0 Å². The van der Waals surface area contributed by atoms with Crippen LogP contribution in [0.3, 0.4) is 0 Å². The van der Waals surface area contributed by atoms with Crippen LogP contribution in [-0.2, 0) is 0 Å². The monoisotopic (exact) mass is 363 g/mol. The van der Waals surface area contributed by atoms with Crippen molar-refractivity contribution < 1.29 is 4.79 Å². The Morgan fingerprint density at radius 3 is 2.62 bits per heavy atom. The van der Waals surface area contributed by atoms with E-state index in [0.29, 0.717) is 23.5 Å². The smallest absolute Gasteiger partial charge is 0.259 e. The summed E-state index contributed by atoms with van der Waals surface area (Å²) in [6.07, 6.45) is 3.65. The predicted octanol–water partition coefficient (Wildman–Crippen LogP) is 3.17. The third-order valence-electron chi connectivity index (χ3n) is 2.85. The van der Waals surface area contributed by atoms with E-state index >= 15 is 0 Å². The normalized spacial score (nSPS) is 10.1. The number of carbonyl (C=O) groups is 1. The summed E-state index contributed by atoms with van der Waals surface area (Å²) in [7, 11) is 0. The Kier molecular flexibility index (Phi) is 5.41. The number of anilines is 1. The van der Waals surface area contributed by atoms with Crippen molar-refractivity contribution >= 4 is 44.7 Å². The molecule has 0 aliphatic carbocycles. The Balaban J connectivity index is 2.30. The van der Waals surface area contributed by atoms with Gasteiger partial charge in [0.1, 0.15) is 0 Å². The molecular weight excluding hydrogens is 350 g/mol. The largest absolute Gasteiger partial charge is 0.393 e. The van der Waals surface area contributed by atoms with Gasteiger partial charge in [-0.3, -0.25) is 9.78 Å². The SMILES string of the molecule is NC(=S)CCN(C(=O)c1cncc(Br)c1)c1ccccc1. The van der Waals surface area contributed by atoms with Gasteiger partial charge < -0.3 is 10.6 Å². The lowest BCUT2D eigenvalue weighted by Gasteiger charge is -2.22. The summed E-state index contributed by atoms with van der Waals surface area (Å²) in [6.45, 7) is 0.435. The summed E-state index contributed by atoms with van der Waals surface area (Å²) in [5, 5.41) is 0. The minimum Gasteiger partial charge on any atom is -0.393 e. The maximum Gasteiger partial charge on any atom is 0.259 e. The van der Waals surface area contributed by atoms with Crippen LogP contribution in [0.4, 0.5) is 5.69 Å². The van der Waals surface area contributed by atoms with E-state index in [1.807, 2.05) is 30.3 Å². The van der Waals surface area contributed by atoms with Gasteiger partial charge in [-0.2, -0.15) is 0 Å². The molecule has 0 fully saturated rings. The van der Waals surface area contributed by atoms with Gasteiger partial charge in [0.2, 0.25) is 0 Å². The zero-order valence-electron chi connectivity index (χ0n) is 11.2. The number of amides is 1. The Hall–Kier alpha value is -1.79. The molecule has 1 aromatic carbocycles. The van der Waals surface area contributed by atoms with Crippen LogP contribution in [-0.4, -0.2) is 22.4 Å². The second-order valence-electron chi connectivity index (χ2n) is 4.40. The zero-order valence-corrected chi connectivity index (χ0v) is 13.6. The number of hydrogen-bond donors (Lipinski definition) is 1. The lowest BCUT2D eigenvalue weighted by Crippen LogP contribution is -2.33. The van der Waals surface area contributed by atoms with Crippen molar-refractivity contribution in [2.45, 2.75) is 6.42 Å². The van der Waals surface area contributed by atoms with E-state index < -0.39 is 0 Å². The van der Waals surface area contributed by atoms with Crippen molar-refractivity contribution in [1.29, 1.82) is 0 Å². The average molecular weight is 364 g/mol. The molecule has 1 heterocycles. The van der Waals surface area contributed by atoms with Crippen molar-refractivity contribution in [3.05, 3.63) is 58.8 Å². The van der Waals surface area contributed by atoms with Crippen LogP contribution >= 0.6 is 28.1 Å². The number of hydrogen-bond acceptors (Lipinski definition) is 3. The third kappa shape index (κ3) is 4.34. The number of thiocarbonyl (C=S) groups is 1. The second-order valence-corrected chi connectivity index (χ2v) is 5.84. The zero-order chi connectivity index (χ0) is 15.2. The highest BCUT2D eigenvalue weighted by Gasteiger charge is 2.18. The van der Waals surface area contributed by atoms with Crippen molar-refractivity contribution in [2.24, 2.45) is 5.73 Å². The van der Waals surface area contributed by atoms with Gasteiger partial charge in [0.05, 0.1) is 10.6 Å². The van der Waals surface area contributed by atoms with Crippen LogP contribution in [0.1, 0.15) is 16.8 Å². The van der Waals surface area contributed by atoms with E-state index in [1.54, 1.807) is 23.4 Å². The van der Waals surface area contributed by atoms with E-state index in [4.69, 9.17) is 18.0 Å². The van der Waals surface area contributed by atoms with Crippen LogP contribution in [0.25, 0.3) is 0 Å². The quantitative estimate of drug-likeness (QED) is 0.828. The van der Waals surface area contributed by atoms with Crippen molar-refractivity contribution in [2.75, 3.05) is 11.4 Å². The highest BCUT2D eigenvalue weighted by Crippen LogP contribution is 2.18. The van der Waals surface area contributed by atoms with Crippen molar-refractivity contribution in [3.63, 3.8) is 0 Å². The van der Waals surface area contributed by atoms with E-state index in [-0.39, 0.29) is 5.91 Å². The van der Waals surface area contributed by atoms with Crippen molar-refractivity contribution in [3.8, 4) is 0 Å². The molecule has 0 spiro atoms. The van der Waals surface area contributed by atoms with Gasteiger partial charge in [-0.1, -0.05) is 30.4 Å². The molecule has 6 heteroatoms. The molecule has 0 saturated heterocycles. The molecule has 0 saturated carbocycles. The highest BCUT2D eigenvalue weighted by atomic mass is 79.9. The molecule has 2 N–H and O–H groups in total. The minimum absolute atomic E-state index is 0.133.